The number of allylic oxidation sites excluding steroid dienone is 7. The maximum Gasteiger partial charge on any atom is 0.230 e. The number of nitrogens with zero attached hydrogens (tertiary/aromatic N) is 3. The lowest BCUT2D eigenvalue weighted by atomic mass is 10.0. The number of amides is 1. The van der Waals surface area contributed by atoms with Gasteiger partial charge in [0.05, 0.1) is 17.8 Å². The van der Waals surface area contributed by atoms with Gasteiger partial charge in [0.15, 0.2) is 0 Å². The van der Waals surface area contributed by atoms with Crippen molar-refractivity contribution >= 4 is 29.2 Å². The summed E-state index contributed by atoms with van der Waals surface area (Å²) in [6.07, 6.45) is 14.5. The van der Waals surface area contributed by atoms with E-state index < -0.39 is 0 Å². The molecule has 0 saturated carbocycles. The van der Waals surface area contributed by atoms with E-state index in [1.54, 1.807) is 36.8 Å². The van der Waals surface area contributed by atoms with E-state index in [0.29, 0.717) is 5.82 Å². The fourth-order valence-electron chi connectivity index (χ4n) is 3.11. The minimum Gasteiger partial charge on any atom is -0.310 e. The number of nitrogens with one attached hydrogen (secondary N) is 1. The lowest BCUT2D eigenvalue weighted by molar-refractivity contribution is -0.115. The van der Waals surface area contributed by atoms with E-state index >= 15 is 0 Å². The standard InChI is InChI=1S/C27H30N4O/c1-7-10-22(14-19(4)5)27-20(6)15-21(17-30-27)16-26(32)31-25-12-11-23(18-29-25)24(9-3)28-13-8-2/h7-15,17-18H,1-2,16H2,3-6H3,(H,29,31,32)/b22-10+,24-9-,28-13-. The van der Waals surface area contributed by atoms with Crippen molar-refractivity contribution in [3.8, 4) is 0 Å². The van der Waals surface area contributed by atoms with Crippen molar-refractivity contribution < 1.29 is 4.79 Å². The van der Waals surface area contributed by atoms with Crippen LogP contribution in [0.1, 0.15) is 43.2 Å². The van der Waals surface area contributed by atoms with Gasteiger partial charge in [0.25, 0.3) is 0 Å². The van der Waals surface area contributed by atoms with Crippen LogP contribution in [0.4, 0.5) is 5.82 Å². The molecular weight excluding hydrogens is 396 g/mol. The number of carbonyl (C=O) groups is 1. The second kappa shape index (κ2) is 12.1. The number of aliphatic imine (C=N–C) groups is 1. The molecule has 2 aromatic heterocycles. The monoisotopic (exact) mass is 426 g/mol. The Morgan fingerprint density at radius 3 is 2.50 bits per heavy atom. The second-order valence-corrected chi connectivity index (χ2v) is 7.43. The summed E-state index contributed by atoms with van der Waals surface area (Å²) in [4.78, 5) is 25.7. The Labute approximate surface area is 190 Å². The molecule has 1 amide bonds. The molecule has 0 bridgehead atoms. The highest BCUT2D eigenvalue weighted by atomic mass is 16.1. The highest BCUT2D eigenvalue weighted by Gasteiger charge is 2.10. The summed E-state index contributed by atoms with van der Waals surface area (Å²) >= 11 is 0. The maximum absolute atomic E-state index is 12.5. The number of anilines is 1. The molecular formula is C27H30N4O. The third kappa shape index (κ3) is 7.13. The largest absolute Gasteiger partial charge is 0.310 e. The van der Waals surface area contributed by atoms with Crippen molar-refractivity contribution in [3.63, 3.8) is 0 Å². The van der Waals surface area contributed by atoms with E-state index in [1.165, 1.54) is 5.57 Å². The minimum absolute atomic E-state index is 0.152. The topological polar surface area (TPSA) is 67.2 Å². The lowest BCUT2D eigenvalue weighted by Crippen LogP contribution is -2.15. The average molecular weight is 427 g/mol. The van der Waals surface area contributed by atoms with Crippen LogP contribution in [0.2, 0.25) is 0 Å². The summed E-state index contributed by atoms with van der Waals surface area (Å²) in [5.41, 5.74) is 6.54. The Balaban J connectivity index is 2.10. The molecule has 2 rings (SSSR count). The summed E-state index contributed by atoms with van der Waals surface area (Å²) < 4.78 is 0. The van der Waals surface area contributed by atoms with Crippen LogP contribution in [-0.4, -0.2) is 22.1 Å². The first-order valence-electron chi connectivity index (χ1n) is 10.4. The van der Waals surface area contributed by atoms with Crippen LogP contribution in [0.5, 0.6) is 0 Å². The van der Waals surface area contributed by atoms with Crippen molar-refractivity contribution in [1.29, 1.82) is 0 Å². The van der Waals surface area contributed by atoms with Crippen LogP contribution in [0.3, 0.4) is 0 Å². The minimum atomic E-state index is -0.152. The molecule has 0 fully saturated rings. The van der Waals surface area contributed by atoms with Gasteiger partial charge in [-0.2, -0.15) is 0 Å². The predicted molar refractivity (Wildman–Crippen MR) is 135 cm³/mol. The summed E-state index contributed by atoms with van der Waals surface area (Å²) in [6.45, 7) is 15.4. The summed E-state index contributed by atoms with van der Waals surface area (Å²) in [7, 11) is 0. The van der Waals surface area contributed by atoms with E-state index in [9.17, 15) is 4.79 Å². The SMILES string of the molecule is C=C/C=N\C(=C/C)c1ccc(NC(=O)Cc2cnc(/C(C=C(C)C)=C/C=C)c(C)c2)nc1. The van der Waals surface area contributed by atoms with Crippen molar-refractivity contribution in [2.24, 2.45) is 4.99 Å². The second-order valence-electron chi connectivity index (χ2n) is 7.43. The molecule has 0 radical (unpaired) electrons. The van der Waals surface area contributed by atoms with E-state index in [0.717, 1.165) is 33.7 Å². The van der Waals surface area contributed by atoms with Gasteiger partial charge < -0.3 is 5.32 Å². The zero-order chi connectivity index (χ0) is 23.5. The van der Waals surface area contributed by atoms with Crippen molar-refractivity contribution in [1.82, 2.24) is 9.97 Å². The smallest absolute Gasteiger partial charge is 0.230 e. The number of aromatic nitrogens is 2. The molecule has 0 spiro atoms. The number of hydrogen-bond donors (Lipinski definition) is 1. The Morgan fingerprint density at radius 1 is 1.16 bits per heavy atom. The number of carbonyl (C=O) groups excluding carboxylic acids is 1. The first-order valence-corrected chi connectivity index (χ1v) is 10.4. The van der Waals surface area contributed by atoms with Crippen molar-refractivity contribution in [2.45, 2.75) is 34.1 Å². The highest BCUT2D eigenvalue weighted by molar-refractivity contribution is 5.91. The molecule has 0 aliphatic rings. The molecule has 1 N–H and O–H groups in total. The van der Waals surface area contributed by atoms with Crippen molar-refractivity contribution in [2.75, 3.05) is 5.32 Å². The number of rotatable bonds is 9. The van der Waals surface area contributed by atoms with E-state index in [2.05, 4.69) is 39.5 Å². The van der Waals surface area contributed by atoms with Gasteiger partial charge in [0, 0.05) is 29.7 Å². The van der Waals surface area contributed by atoms with E-state index in [4.69, 9.17) is 0 Å². The van der Waals surface area contributed by atoms with Crippen LogP contribution in [0, 0.1) is 6.92 Å². The molecule has 164 valence electrons. The fourth-order valence-corrected chi connectivity index (χ4v) is 3.11. The summed E-state index contributed by atoms with van der Waals surface area (Å²) in [5.74, 6) is 0.337. The van der Waals surface area contributed by atoms with E-state index in [-0.39, 0.29) is 12.3 Å². The molecule has 32 heavy (non-hydrogen) atoms. The number of hydrogen-bond acceptors (Lipinski definition) is 4. The van der Waals surface area contributed by atoms with Gasteiger partial charge in [-0.1, -0.05) is 55.2 Å². The van der Waals surface area contributed by atoms with Crippen molar-refractivity contribution in [3.05, 3.63) is 102 Å². The van der Waals surface area contributed by atoms with Gasteiger partial charge in [0.1, 0.15) is 5.82 Å². The number of aryl methyl sites for hydroxylation is 1. The third-order valence-electron chi connectivity index (χ3n) is 4.43. The molecule has 0 atom stereocenters. The lowest BCUT2D eigenvalue weighted by Gasteiger charge is -2.10. The summed E-state index contributed by atoms with van der Waals surface area (Å²) in [5, 5.41) is 2.83. The molecule has 0 aromatic carbocycles. The van der Waals surface area contributed by atoms with Gasteiger partial charge in [-0.3, -0.25) is 14.8 Å². The van der Waals surface area contributed by atoms with Gasteiger partial charge in [-0.25, -0.2) is 4.98 Å². The first-order chi connectivity index (χ1) is 15.4. The zero-order valence-corrected chi connectivity index (χ0v) is 19.2. The highest BCUT2D eigenvalue weighted by Crippen LogP contribution is 2.21. The quantitative estimate of drug-likeness (QED) is 0.388. The third-order valence-corrected chi connectivity index (χ3v) is 4.43. The first kappa shape index (κ1) is 24.4. The van der Waals surface area contributed by atoms with Gasteiger partial charge in [0.2, 0.25) is 5.91 Å². The molecule has 0 saturated heterocycles. The Bertz CT molecular complexity index is 1100. The number of pyridine rings is 2. The Kier molecular flexibility index (Phi) is 9.23. The van der Waals surface area contributed by atoms with Crippen LogP contribution >= 0.6 is 0 Å². The molecule has 2 aromatic rings. The van der Waals surface area contributed by atoms with Gasteiger partial charge >= 0.3 is 0 Å². The summed E-state index contributed by atoms with van der Waals surface area (Å²) in [6, 6.07) is 5.62. The molecule has 5 nitrogen and oxygen atoms in total. The normalized spacial score (nSPS) is 11.9. The molecule has 2 heterocycles. The zero-order valence-electron chi connectivity index (χ0n) is 19.2. The predicted octanol–water partition coefficient (Wildman–Crippen LogP) is 6.12. The van der Waals surface area contributed by atoms with Crippen LogP contribution in [0.25, 0.3) is 11.3 Å². The van der Waals surface area contributed by atoms with Crippen LogP contribution in [0.15, 0.2) is 84.7 Å². The molecule has 0 unspecified atom stereocenters. The van der Waals surface area contributed by atoms with E-state index in [1.807, 2.05) is 52.0 Å². The average Bonchev–Trinajstić information content (AvgIpc) is 2.75. The van der Waals surface area contributed by atoms with Crippen LogP contribution < -0.4 is 5.32 Å². The van der Waals surface area contributed by atoms with Gasteiger partial charge in [-0.15, -0.1) is 0 Å². The van der Waals surface area contributed by atoms with Crippen LogP contribution in [-0.2, 0) is 11.2 Å². The maximum atomic E-state index is 12.5. The molecule has 0 aliphatic heterocycles. The molecule has 5 heteroatoms. The fraction of sp³-hybridized carbons (Fsp3) is 0.185. The Hall–Kier alpha value is -3.86. The Morgan fingerprint density at radius 2 is 1.94 bits per heavy atom. The molecule has 0 aliphatic carbocycles. The van der Waals surface area contributed by atoms with Gasteiger partial charge in [-0.05, 0) is 51.0 Å².